The minimum absolute atomic E-state index is 0.147. The molecule has 3 heterocycles. The Morgan fingerprint density at radius 1 is 1.32 bits per heavy atom. The number of ether oxygens (including phenoxy) is 1. The lowest BCUT2D eigenvalue weighted by Crippen LogP contribution is -2.23. The highest BCUT2D eigenvalue weighted by Crippen LogP contribution is 2.24. The van der Waals surface area contributed by atoms with Gasteiger partial charge in [0.2, 0.25) is 0 Å². The Bertz CT molecular complexity index is 786. The molecule has 0 aromatic carbocycles. The monoisotopic (exact) mass is 302 g/mol. The molecule has 0 aliphatic rings. The molecule has 0 atom stereocenters. The van der Waals surface area contributed by atoms with Gasteiger partial charge in [-0.15, -0.1) is 0 Å². The highest BCUT2D eigenvalue weighted by molar-refractivity contribution is 5.86. The van der Waals surface area contributed by atoms with Crippen LogP contribution in [-0.2, 0) is 12.1 Å². The summed E-state index contributed by atoms with van der Waals surface area (Å²) in [6.07, 6.45) is 3.29. The van der Waals surface area contributed by atoms with E-state index in [-0.39, 0.29) is 5.54 Å². The fourth-order valence-electron chi connectivity index (χ4n) is 2.12. The van der Waals surface area contributed by atoms with Crippen LogP contribution in [0.5, 0.6) is 5.88 Å². The van der Waals surface area contributed by atoms with Crippen molar-refractivity contribution < 1.29 is 9.26 Å². The van der Waals surface area contributed by atoms with Gasteiger partial charge in [0, 0.05) is 6.07 Å². The van der Waals surface area contributed by atoms with Crippen molar-refractivity contribution in [1.29, 1.82) is 0 Å². The number of hydrogen-bond donors (Lipinski definition) is 1. The first-order valence-electron chi connectivity index (χ1n) is 6.91. The Hall–Kier alpha value is -2.64. The first-order valence-corrected chi connectivity index (χ1v) is 6.91. The fraction of sp³-hybridized carbons (Fsp3) is 0.429. The van der Waals surface area contributed by atoms with E-state index < -0.39 is 0 Å². The lowest BCUT2D eigenvalue weighted by Gasteiger charge is -2.19. The second kappa shape index (κ2) is 5.28. The van der Waals surface area contributed by atoms with Gasteiger partial charge in [0.05, 0.1) is 30.8 Å². The van der Waals surface area contributed by atoms with Crippen molar-refractivity contribution in [3.05, 3.63) is 24.4 Å². The third kappa shape index (κ3) is 2.59. The quantitative estimate of drug-likeness (QED) is 0.789. The number of methoxy groups -OCH3 is 1. The molecule has 0 aliphatic heterocycles. The van der Waals surface area contributed by atoms with E-state index in [4.69, 9.17) is 9.26 Å². The van der Waals surface area contributed by atoms with Gasteiger partial charge >= 0.3 is 0 Å². The van der Waals surface area contributed by atoms with Gasteiger partial charge in [-0.05, 0) is 25.9 Å². The Morgan fingerprint density at radius 3 is 2.82 bits per heavy atom. The second-order valence-corrected chi connectivity index (χ2v) is 5.88. The summed E-state index contributed by atoms with van der Waals surface area (Å²) in [4.78, 5) is 8.61. The van der Waals surface area contributed by atoms with Crippen molar-refractivity contribution in [2.75, 3.05) is 12.4 Å². The molecule has 3 rings (SSSR count). The Balaban J connectivity index is 1.86. The summed E-state index contributed by atoms with van der Waals surface area (Å²) in [5, 5.41) is 12.3. The predicted molar refractivity (Wildman–Crippen MR) is 80.7 cm³/mol. The number of anilines is 1. The zero-order chi connectivity index (χ0) is 15.7. The highest BCUT2D eigenvalue weighted by atomic mass is 16.5. The molecule has 8 heteroatoms. The normalized spacial score (nSPS) is 11.8. The van der Waals surface area contributed by atoms with Crippen LogP contribution >= 0.6 is 0 Å². The number of nitrogens with zero attached hydrogens (tertiary/aromatic N) is 5. The van der Waals surface area contributed by atoms with Gasteiger partial charge in [-0.25, -0.2) is 14.6 Å². The van der Waals surface area contributed by atoms with Gasteiger partial charge in [-0.3, -0.25) is 0 Å². The zero-order valence-electron chi connectivity index (χ0n) is 13.0. The van der Waals surface area contributed by atoms with Gasteiger partial charge in [0.1, 0.15) is 12.1 Å². The van der Waals surface area contributed by atoms with Crippen molar-refractivity contribution in [2.24, 2.45) is 0 Å². The Labute approximate surface area is 127 Å². The van der Waals surface area contributed by atoms with Crippen LogP contribution in [0.2, 0.25) is 0 Å². The minimum atomic E-state index is -0.147. The van der Waals surface area contributed by atoms with Crippen LogP contribution in [0.4, 0.5) is 5.82 Å². The average Bonchev–Trinajstić information content (AvgIpc) is 3.11. The number of hydrogen-bond acceptors (Lipinski definition) is 7. The Morgan fingerprint density at radius 2 is 2.14 bits per heavy atom. The fourth-order valence-corrected chi connectivity index (χ4v) is 2.12. The molecule has 0 unspecified atom stereocenters. The van der Waals surface area contributed by atoms with Gasteiger partial charge in [-0.1, -0.05) is 0 Å². The van der Waals surface area contributed by atoms with E-state index in [9.17, 15) is 0 Å². The van der Waals surface area contributed by atoms with E-state index in [1.807, 2.05) is 4.68 Å². The first kappa shape index (κ1) is 14.3. The summed E-state index contributed by atoms with van der Waals surface area (Å²) in [5.74, 6) is 1.81. The maximum atomic E-state index is 5.15. The summed E-state index contributed by atoms with van der Waals surface area (Å²) in [6.45, 7) is 6.68. The molecule has 0 radical (unpaired) electrons. The lowest BCUT2D eigenvalue weighted by atomic mass is 10.1. The molecule has 3 aromatic rings. The van der Waals surface area contributed by atoms with Crippen molar-refractivity contribution >= 4 is 16.9 Å². The molecule has 0 fully saturated rings. The molecule has 0 amide bonds. The third-order valence-corrected chi connectivity index (χ3v) is 3.18. The van der Waals surface area contributed by atoms with Crippen LogP contribution in [0.1, 0.15) is 26.5 Å². The number of rotatable bonds is 4. The van der Waals surface area contributed by atoms with Crippen molar-refractivity contribution in [3.63, 3.8) is 0 Å². The predicted octanol–water partition coefficient (Wildman–Crippen LogP) is 2.19. The molecule has 0 saturated heterocycles. The van der Waals surface area contributed by atoms with E-state index in [2.05, 4.69) is 46.3 Å². The van der Waals surface area contributed by atoms with Crippen molar-refractivity contribution in [3.8, 4) is 5.88 Å². The van der Waals surface area contributed by atoms with E-state index in [1.54, 1.807) is 19.4 Å². The third-order valence-electron chi connectivity index (χ3n) is 3.18. The van der Waals surface area contributed by atoms with E-state index in [0.717, 1.165) is 11.0 Å². The van der Waals surface area contributed by atoms with Gasteiger partial charge in [-0.2, -0.15) is 5.10 Å². The summed E-state index contributed by atoms with van der Waals surface area (Å²) in [7, 11) is 1.55. The standard InChI is InChI=1S/C14H18N6O2/c1-14(2,3)20-13-10(7-18-20)12(16-8-17-13)15-6-9-5-11(21-4)19-22-9/h5,7-8H,6H2,1-4H3,(H,15,16,17). The number of nitrogens with one attached hydrogen (secondary N) is 1. The van der Waals surface area contributed by atoms with Gasteiger partial charge in [0.25, 0.3) is 5.88 Å². The molecule has 0 saturated carbocycles. The van der Waals surface area contributed by atoms with E-state index >= 15 is 0 Å². The van der Waals surface area contributed by atoms with Crippen LogP contribution in [0.25, 0.3) is 11.0 Å². The van der Waals surface area contributed by atoms with Crippen LogP contribution < -0.4 is 10.1 Å². The summed E-state index contributed by atoms with van der Waals surface area (Å²) in [5.41, 5.74) is 0.645. The largest absolute Gasteiger partial charge is 0.479 e. The molecular weight excluding hydrogens is 284 g/mol. The minimum Gasteiger partial charge on any atom is -0.479 e. The van der Waals surface area contributed by atoms with E-state index in [1.165, 1.54) is 6.33 Å². The SMILES string of the molecule is COc1cc(CNc2ncnc3c2cnn3C(C)(C)C)on1. The molecular formula is C14H18N6O2. The molecule has 0 spiro atoms. The lowest BCUT2D eigenvalue weighted by molar-refractivity contribution is 0.328. The smallest absolute Gasteiger partial charge is 0.254 e. The first-order chi connectivity index (χ1) is 10.5. The van der Waals surface area contributed by atoms with Crippen LogP contribution in [-0.4, -0.2) is 32.0 Å². The summed E-state index contributed by atoms with van der Waals surface area (Å²) < 4.78 is 12.0. The van der Waals surface area contributed by atoms with Gasteiger partial charge in [0.15, 0.2) is 11.4 Å². The van der Waals surface area contributed by atoms with Crippen molar-refractivity contribution in [2.45, 2.75) is 32.9 Å². The Kier molecular flexibility index (Phi) is 3.44. The second-order valence-electron chi connectivity index (χ2n) is 5.88. The highest BCUT2D eigenvalue weighted by Gasteiger charge is 2.19. The van der Waals surface area contributed by atoms with Crippen molar-refractivity contribution in [1.82, 2.24) is 24.9 Å². The molecule has 1 N–H and O–H groups in total. The topological polar surface area (TPSA) is 90.9 Å². The number of fused-ring (bicyclic) bond motifs is 1. The maximum Gasteiger partial charge on any atom is 0.254 e. The van der Waals surface area contributed by atoms with Crippen LogP contribution in [0.15, 0.2) is 23.1 Å². The van der Waals surface area contributed by atoms with E-state index in [0.29, 0.717) is 24.0 Å². The molecule has 22 heavy (non-hydrogen) atoms. The average molecular weight is 302 g/mol. The van der Waals surface area contributed by atoms with Crippen LogP contribution in [0, 0.1) is 0 Å². The maximum absolute atomic E-state index is 5.15. The molecule has 0 bridgehead atoms. The summed E-state index contributed by atoms with van der Waals surface area (Å²) in [6, 6.07) is 1.73. The summed E-state index contributed by atoms with van der Waals surface area (Å²) >= 11 is 0. The molecule has 0 aliphatic carbocycles. The number of aromatic nitrogens is 5. The molecule has 3 aromatic heterocycles. The molecule has 8 nitrogen and oxygen atoms in total. The van der Waals surface area contributed by atoms with Gasteiger partial charge < -0.3 is 14.6 Å². The van der Waals surface area contributed by atoms with Crippen LogP contribution in [0.3, 0.4) is 0 Å². The zero-order valence-corrected chi connectivity index (χ0v) is 13.0. The molecule has 116 valence electrons.